The number of nitrogens with one attached hydrogen (secondary N) is 1. The maximum absolute atomic E-state index is 13.1. The van der Waals surface area contributed by atoms with Gasteiger partial charge in [-0.05, 0) is 38.0 Å². The Kier molecular flexibility index (Phi) is 3.66. The highest BCUT2D eigenvalue weighted by Gasteiger charge is 2.33. The Labute approximate surface area is 146 Å². The monoisotopic (exact) mass is 356 g/mol. The summed E-state index contributed by atoms with van der Waals surface area (Å²) in [5.74, 6) is 0. The van der Waals surface area contributed by atoms with Crippen LogP contribution < -0.4 is 0 Å². The molecule has 0 atom stereocenters. The number of hydrogen-bond acceptors (Lipinski definition) is 4. The quantitative estimate of drug-likeness (QED) is 0.765. The second kappa shape index (κ2) is 5.64. The first-order valence-electron chi connectivity index (χ1n) is 8.28. The van der Waals surface area contributed by atoms with Crippen molar-refractivity contribution in [2.75, 3.05) is 6.54 Å². The van der Waals surface area contributed by atoms with Gasteiger partial charge in [0.25, 0.3) is 0 Å². The van der Waals surface area contributed by atoms with Crippen molar-refractivity contribution in [3.05, 3.63) is 52.5 Å². The number of fused-ring (bicyclic) bond motifs is 2. The number of aryl methyl sites for hydroxylation is 3. The lowest BCUT2D eigenvalue weighted by Crippen LogP contribution is -2.37. The Morgan fingerprint density at radius 1 is 1.16 bits per heavy atom. The van der Waals surface area contributed by atoms with E-state index < -0.39 is 10.0 Å². The van der Waals surface area contributed by atoms with Gasteiger partial charge in [-0.2, -0.15) is 9.40 Å². The highest BCUT2D eigenvalue weighted by Crippen LogP contribution is 2.31. The number of aromatic amines is 1. The zero-order valence-electron chi connectivity index (χ0n) is 14.5. The molecule has 0 saturated heterocycles. The zero-order valence-corrected chi connectivity index (χ0v) is 15.3. The summed E-state index contributed by atoms with van der Waals surface area (Å²) < 4.78 is 27.8. The third-order valence-electron chi connectivity index (χ3n) is 4.96. The zero-order chi connectivity index (χ0) is 17.8. The van der Waals surface area contributed by atoms with E-state index in [1.165, 1.54) is 0 Å². The molecule has 0 spiro atoms. The van der Waals surface area contributed by atoms with Crippen molar-refractivity contribution < 1.29 is 8.42 Å². The number of hydrogen-bond donors (Lipinski definition) is 1. The van der Waals surface area contributed by atoms with Gasteiger partial charge in [0.05, 0.1) is 16.9 Å². The summed E-state index contributed by atoms with van der Waals surface area (Å²) >= 11 is 0. The van der Waals surface area contributed by atoms with Crippen LogP contribution in [0.3, 0.4) is 0 Å². The van der Waals surface area contributed by atoms with Crippen molar-refractivity contribution in [2.45, 2.75) is 38.6 Å². The van der Waals surface area contributed by atoms with Gasteiger partial charge in [0.2, 0.25) is 10.0 Å². The Balaban J connectivity index is 1.80. The summed E-state index contributed by atoms with van der Waals surface area (Å²) in [4.78, 5) is 5.04. The number of H-pyrrole nitrogens is 1. The van der Waals surface area contributed by atoms with Crippen LogP contribution in [0.25, 0.3) is 10.9 Å². The number of para-hydroxylation sites is 1. The maximum atomic E-state index is 13.1. The first kappa shape index (κ1) is 16.2. The molecule has 1 aliphatic rings. The average molecular weight is 356 g/mol. The molecule has 0 saturated carbocycles. The third kappa shape index (κ3) is 2.46. The summed E-state index contributed by atoms with van der Waals surface area (Å²) in [6.45, 7) is 6.29. The molecule has 130 valence electrons. The van der Waals surface area contributed by atoms with Crippen molar-refractivity contribution >= 4 is 20.9 Å². The van der Waals surface area contributed by atoms with Crippen LogP contribution in [0.5, 0.6) is 0 Å². The van der Waals surface area contributed by atoms with Crippen LogP contribution >= 0.6 is 0 Å². The number of pyridine rings is 1. The fourth-order valence-electron chi connectivity index (χ4n) is 3.64. The Bertz CT molecular complexity index is 1070. The number of rotatable bonds is 2. The minimum absolute atomic E-state index is 0.294. The minimum atomic E-state index is -3.58. The molecule has 6 nitrogen and oxygen atoms in total. The Morgan fingerprint density at radius 3 is 2.64 bits per heavy atom. The van der Waals surface area contributed by atoms with Crippen LogP contribution in [-0.2, 0) is 23.0 Å². The molecule has 4 rings (SSSR count). The van der Waals surface area contributed by atoms with Crippen molar-refractivity contribution in [3.63, 3.8) is 0 Å². The molecule has 1 aliphatic heterocycles. The van der Waals surface area contributed by atoms with E-state index in [-0.39, 0.29) is 0 Å². The van der Waals surface area contributed by atoms with Crippen LogP contribution in [0.1, 0.15) is 28.2 Å². The van der Waals surface area contributed by atoms with E-state index in [0.29, 0.717) is 35.8 Å². The fourth-order valence-corrected chi connectivity index (χ4v) is 5.38. The molecule has 3 aromatic rings. The lowest BCUT2D eigenvalue weighted by Gasteiger charge is -2.29. The number of nitrogens with zero attached hydrogens (tertiary/aromatic N) is 3. The van der Waals surface area contributed by atoms with E-state index in [9.17, 15) is 8.42 Å². The Hall–Kier alpha value is -2.25. The van der Waals surface area contributed by atoms with Gasteiger partial charge >= 0.3 is 0 Å². The molecule has 1 aromatic carbocycles. The molecule has 7 heteroatoms. The molecule has 0 fully saturated rings. The second-order valence-electron chi connectivity index (χ2n) is 6.53. The molecule has 1 N–H and O–H groups in total. The van der Waals surface area contributed by atoms with Crippen LogP contribution in [0.2, 0.25) is 0 Å². The Morgan fingerprint density at radius 2 is 1.92 bits per heavy atom. The lowest BCUT2D eigenvalue weighted by atomic mass is 9.98. The SMILES string of the molecule is Cc1n[nH]c(C)c1S(=O)(=O)N1CCc2nc3ccccc3c(C)c2C1. The molecule has 0 aliphatic carbocycles. The summed E-state index contributed by atoms with van der Waals surface area (Å²) in [6, 6.07) is 8.00. The molecule has 0 bridgehead atoms. The molecule has 0 amide bonds. The smallest absolute Gasteiger partial charge is 0.247 e. The normalized spacial score (nSPS) is 15.5. The van der Waals surface area contributed by atoms with Gasteiger partial charge in [-0.15, -0.1) is 0 Å². The lowest BCUT2D eigenvalue weighted by molar-refractivity contribution is 0.387. The summed E-state index contributed by atoms with van der Waals surface area (Å²) in [7, 11) is -3.58. The van der Waals surface area contributed by atoms with Gasteiger partial charge in [-0.25, -0.2) is 8.42 Å². The minimum Gasteiger partial charge on any atom is -0.281 e. The number of sulfonamides is 1. The van der Waals surface area contributed by atoms with E-state index in [2.05, 4.69) is 10.2 Å². The van der Waals surface area contributed by atoms with Gasteiger partial charge < -0.3 is 0 Å². The number of benzene rings is 1. The molecule has 0 unspecified atom stereocenters. The standard InChI is InChI=1S/C18H20N4O2S/c1-11-14-6-4-5-7-16(14)19-17-8-9-22(10-15(11)17)25(23,24)18-12(2)20-21-13(18)3/h4-7H,8-10H2,1-3H3,(H,20,21). The first-order valence-corrected chi connectivity index (χ1v) is 9.72. The predicted octanol–water partition coefficient (Wildman–Crippen LogP) is 2.63. The van der Waals surface area contributed by atoms with Crippen LogP contribution in [0.4, 0.5) is 0 Å². The van der Waals surface area contributed by atoms with Crippen molar-refractivity contribution in [1.29, 1.82) is 0 Å². The summed E-state index contributed by atoms with van der Waals surface area (Å²) in [5.41, 5.74) is 5.20. The number of aromatic nitrogens is 3. The van der Waals surface area contributed by atoms with Gasteiger partial charge in [-0.1, -0.05) is 18.2 Å². The van der Waals surface area contributed by atoms with Crippen LogP contribution in [0.15, 0.2) is 29.2 Å². The molecule has 2 aromatic heterocycles. The molecule has 3 heterocycles. The maximum Gasteiger partial charge on any atom is 0.247 e. The highest BCUT2D eigenvalue weighted by atomic mass is 32.2. The predicted molar refractivity (Wildman–Crippen MR) is 95.8 cm³/mol. The van der Waals surface area contributed by atoms with E-state index in [1.807, 2.05) is 31.2 Å². The summed E-state index contributed by atoms with van der Waals surface area (Å²) in [5, 5.41) is 7.89. The first-order chi connectivity index (χ1) is 11.9. The van der Waals surface area contributed by atoms with Crippen LogP contribution in [-0.4, -0.2) is 34.4 Å². The van der Waals surface area contributed by atoms with E-state index in [4.69, 9.17) is 4.98 Å². The third-order valence-corrected chi connectivity index (χ3v) is 7.06. The van der Waals surface area contributed by atoms with Gasteiger partial charge in [0.1, 0.15) is 4.90 Å². The van der Waals surface area contributed by atoms with Crippen molar-refractivity contribution in [3.8, 4) is 0 Å². The van der Waals surface area contributed by atoms with Crippen molar-refractivity contribution in [1.82, 2.24) is 19.5 Å². The molecule has 25 heavy (non-hydrogen) atoms. The average Bonchev–Trinajstić information content (AvgIpc) is 2.94. The molecule has 0 radical (unpaired) electrons. The summed E-state index contributed by atoms with van der Waals surface area (Å²) in [6.07, 6.45) is 0.621. The van der Waals surface area contributed by atoms with Gasteiger partial charge in [0, 0.05) is 30.6 Å². The second-order valence-corrected chi connectivity index (χ2v) is 8.41. The molecular formula is C18H20N4O2S. The van der Waals surface area contributed by atoms with Crippen LogP contribution in [0, 0.1) is 20.8 Å². The topological polar surface area (TPSA) is 79.0 Å². The fraction of sp³-hybridized carbons (Fsp3) is 0.333. The van der Waals surface area contributed by atoms with E-state index in [0.717, 1.165) is 27.7 Å². The van der Waals surface area contributed by atoms with E-state index >= 15 is 0 Å². The van der Waals surface area contributed by atoms with Gasteiger partial charge in [-0.3, -0.25) is 10.1 Å². The van der Waals surface area contributed by atoms with E-state index in [1.54, 1.807) is 18.2 Å². The highest BCUT2D eigenvalue weighted by molar-refractivity contribution is 7.89. The van der Waals surface area contributed by atoms with Gasteiger partial charge in [0.15, 0.2) is 0 Å². The van der Waals surface area contributed by atoms with Crippen molar-refractivity contribution in [2.24, 2.45) is 0 Å². The largest absolute Gasteiger partial charge is 0.281 e. The molecular weight excluding hydrogens is 336 g/mol.